The molecule has 0 fully saturated rings. The molecule has 0 saturated carbocycles. The molecule has 12 nitrogen and oxygen atoms in total. The standard InChI is InChI=1S/C58H22N12/c59-23-33-7-11-39(12-8-33)49-55-45(31-67)51(47-5-1-3-15-69-47)53(43(29-65)41-19-35(25-61)17-36(20-41)26-62)57(55)50(40-13-9-34(24-60)10-14-40)56-46(32-68)52(48-6-2-4-16-70-48)54(58(49)56)44(30-66)42-21-37(27-63)18-38(22-42)28-64/h1-22H/b53-43+,54-44+. The van der Waals surface area contributed by atoms with E-state index in [1.165, 1.54) is 48.8 Å². The van der Waals surface area contributed by atoms with Crippen molar-refractivity contribution in [3.05, 3.63) is 212 Å². The van der Waals surface area contributed by atoms with Crippen molar-refractivity contribution >= 4 is 44.6 Å². The Bertz CT molecular complexity index is 3730. The predicted octanol–water partition coefficient (Wildman–Crippen LogP) is 10.8. The third kappa shape index (κ3) is 7.04. The zero-order valence-electron chi connectivity index (χ0n) is 36.1. The predicted molar refractivity (Wildman–Crippen MR) is 257 cm³/mol. The van der Waals surface area contributed by atoms with Gasteiger partial charge in [-0.1, -0.05) is 36.4 Å². The van der Waals surface area contributed by atoms with Crippen molar-refractivity contribution in [2.24, 2.45) is 0 Å². The van der Waals surface area contributed by atoms with Crippen LogP contribution in [0.3, 0.4) is 0 Å². The Morgan fingerprint density at radius 1 is 0.329 bits per heavy atom. The lowest BCUT2D eigenvalue weighted by atomic mass is 9.77. The van der Waals surface area contributed by atoms with Crippen LogP contribution < -0.4 is 0 Å². The summed E-state index contributed by atoms with van der Waals surface area (Å²) in [4.78, 5) is 9.41. The molecule has 5 aromatic carbocycles. The van der Waals surface area contributed by atoms with Crippen molar-refractivity contribution in [1.29, 1.82) is 52.6 Å². The van der Waals surface area contributed by atoms with Crippen LogP contribution in [-0.4, -0.2) is 9.97 Å². The van der Waals surface area contributed by atoms with Gasteiger partial charge in [0.05, 0.1) is 103 Å². The summed E-state index contributed by atoms with van der Waals surface area (Å²) in [5.41, 5.74) is 4.88. The van der Waals surface area contributed by atoms with Gasteiger partial charge in [0.1, 0.15) is 24.3 Å². The van der Waals surface area contributed by atoms with E-state index >= 15 is 0 Å². The Hall–Kier alpha value is -11.7. The number of aromatic nitrogens is 2. The lowest BCUT2D eigenvalue weighted by Crippen LogP contribution is -2.05. The fourth-order valence-corrected chi connectivity index (χ4v) is 9.09. The van der Waals surface area contributed by atoms with Gasteiger partial charge < -0.3 is 0 Å². The molecule has 0 N–H and O–H groups in total. The summed E-state index contributed by atoms with van der Waals surface area (Å²) in [6.45, 7) is 0. The average Bonchev–Trinajstić information content (AvgIpc) is 3.94. The van der Waals surface area contributed by atoms with Crippen molar-refractivity contribution in [2.75, 3.05) is 0 Å². The number of hydrogen-bond acceptors (Lipinski definition) is 12. The molecule has 12 heteroatoms. The molecule has 0 saturated heterocycles. The Balaban J connectivity index is 1.66. The molecule has 2 aliphatic carbocycles. The van der Waals surface area contributed by atoms with Crippen molar-refractivity contribution in [1.82, 2.24) is 9.97 Å². The molecule has 314 valence electrons. The van der Waals surface area contributed by atoms with Crippen LogP contribution in [0, 0.1) is 113 Å². The summed E-state index contributed by atoms with van der Waals surface area (Å²) in [6.07, 6.45) is 3.05. The van der Waals surface area contributed by atoms with Crippen LogP contribution in [0.25, 0.3) is 66.8 Å². The van der Waals surface area contributed by atoms with Gasteiger partial charge >= 0.3 is 0 Å². The molecule has 0 radical (unpaired) electrons. The fraction of sp³-hybridized carbons (Fsp3) is 0. The molecule has 2 heterocycles. The van der Waals surface area contributed by atoms with Gasteiger partial charge in [-0.2, -0.15) is 52.6 Å². The molecule has 2 aliphatic rings. The normalized spacial score (nSPS) is 13.2. The zero-order valence-corrected chi connectivity index (χ0v) is 36.1. The van der Waals surface area contributed by atoms with E-state index in [1.807, 2.05) is 0 Å². The van der Waals surface area contributed by atoms with E-state index in [2.05, 4.69) is 60.7 Å². The number of allylic oxidation sites excluding steroid dienone is 8. The fourth-order valence-electron chi connectivity index (χ4n) is 9.09. The summed E-state index contributed by atoms with van der Waals surface area (Å²) >= 11 is 0. The summed E-state index contributed by atoms with van der Waals surface area (Å²) in [5, 5.41) is 107. The first-order chi connectivity index (χ1) is 34.3. The van der Waals surface area contributed by atoms with Crippen LogP contribution in [0.5, 0.6) is 0 Å². The topological polar surface area (TPSA) is 264 Å². The molecule has 0 unspecified atom stereocenters. The maximum Gasteiger partial charge on any atom is 0.101 e. The lowest BCUT2D eigenvalue weighted by molar-refractivity contribution is 1.28. The van der Waals surface area contributed by atoms with E-state index in [0.29, 0.717) is 33.4 Å². The highest BCUT2D eigenvalue weighted by atomic mass is 14.7. The van der Waals surface area contributed by atoms with Crippen LogP contribution >= 0.6 is 0 Å². The van der Waals surface area contributed by atoms with Crippen LogP contribution in [0.15, 0.2) is 134 Å². The van der Waals surface area contributed by atoms with E-state index < -0.39 is 0 Å². The molecule has 7 aromatic rings. The van der Waals surface area contributed by atoms with E-state index in [-0.39, 0.29) is 112 Å². The molecule has 0 spiro atoms. The lowest BCUT2D eigenvalue weighted by Gasteiger charge is -2.24. The minimum absolute atomic E-state index is 0.0198. The second-order valence-corrected chi connectivity index (χ2v) is 15.6. The van der Waals surface area contributed by atoms with Crippen LogP contribution in [0.1, 0.15) is 78.1 Å². The molecule has 2 aromatic heterocycles. The van der Waals surface area contributed by atoms with Gasteiger partial charge in [-0.05, 0) is 118 Å². The van der Waals surface area contributed by atoms with Gasteiger partial charge in [0.25, 0.3) is 0 Å². The van der Waals surface area contributed by atoms with Crippen molar-refractivity contribution in [3.63, 3.8) is 0 Å². The molecular formula is C58H22N12. The number of fused-ring (bicyclic) bond motifs is 2. The maximum absolute atomic E-state index is 11.7. The quantitative estimate of drug-likeness (QED) is 0.141. The highest BCUT2D eigenvalue weighted by Crippen LogP contribution is 2.63. The van der Waals surface area contributed by atoms with Crippen LogP contribution in [0.4, 0.5) is 0 Å². The second kappa shape index (κ2) is 18.0. The van der Waals surface area contributed by atoms with Gasteiger partial charge in [-0.15, -0.1) is 0 Å². The average molecular weight is 887 g/mol. The third-order valence-electron chi connectivity index (χ3n) is 11.9. The van der Waals surface area contributed by atoms with Crippen molar-refractivity contribution in [2.45, 2.75) is 0 Å². The Labute approximate surface area is 400 Å². The largest absolute Gasteiger partial charge is 0.256 e. The smallest absolute Gasteiger partial charge is 0.101 e. The number of rotatable bonds is 6. The second-order valence-electron chi connectivity index (χ2n) is 15.6. The van der Waals surface area contributed by atoms with Gasteiger partial charge in [0.2, 0.25) is 0 Å². The first-order valence-corrected chi connectivity index (χ1v) is 20.9. The van der Waals surface area contributed by atoms with Gasteiger partial charge in [-0.3, -0.25) is 9.97 Å². The minimum atomic E-state index is -0.0577. The van der Waals surface area contributed by atoms with Gasteiger partial charge in [0.15, 0.2) is 0 Å². The Kier molecular flexibility index (Phi) is 11.2. The van der Waals surface area contributed by atoms with E-state index in [4.69, 9.17) is 9.97 Å². The van der Waals surface area contributed by atoms with Gasteiger partial charge in [-0.25, -0.2) is 0 Å². The Morgan fingerprint density at radius 2 is 0.671 bits per heavy atom. The molecule has 0 bridgehead atoms. The number of nitriles is 10. The first kappa shape index (κ1) is 43.5. The van der Waals surface area contributed by atoms with E-state index in [9.17, 15) is 52.6 Å². The minimum Gasteiger partial charge on any atom is -0.256 e. The summed E-state index contributed by atoms with van der Waals surface area (Å²) in [7, 11) is 0. The zero-order chi connectivity index (χ0) is 49.1. The SMILES string of the molecule is N#CC1=C(c2ccccn2)/C(=C(/C#N)c2cc(C#N)cc(C#N)c2)c2c1c(-c1ccc(C#N)cc1)c1c(c2-c2ccc(C#N)cc2)C(C#N)=C(c2ccccn2)/C1=C(/C#N)c1cc(C#N)cc(C#N)c1. The molecule has 9 rings (SSSR count). The Morgan fingerprint density at radius 3 is 0.943 bits per heavy atom. The highest BCUT2D eigenvalue weighted by Gasteiger charge is 2.44. The number of hydrogen-bond donors (Lipinski definition) is 0. The molecule has 70 heavy (non-hydrogen) atoms. The van der Waals surface area contributed by atoms with Crippen LogP contribution in [-0.2, 0) is 0 Å². The summed E-state index contributed by atoms with van der Waals surface area (Å²) in [6, 6.07) is 53.9. The highest BCUT2D eigenvalue weighted by molar-refractivity contribution is 6.38. The molecular weight excluding hydrogens is 865 g/mol. The molecule has 0 aliphatic heterocycles. The molecule has 0 amide bonds. The van der Waals surface area contributed by atoms with Crippen LogP contribution in [0.2, 0.25) is 0 Å². The van der Waals surface area contributed by atoms with Gasteiger partial charge in [0, 0.05) is 56.9 Å². The van der Waals surface area contributed by atoms with E-state index in [0.717, 1.165) is 0 Å². The molecule has 0 atom stereocenters. The number of nitrogens with zero attached hydrogens (tertiary/aromatic N) is 12. The van der Waals surface area contributed by atoms with Crippen molar-refractivity contribution in [3.8, 4) is 82.9 Å². The number of benzene rings is 5. The third-order valence-corrected chi connectivity index (χ3v) is 11.9. The summed E-state index contributed by atoms with van der Waals surface area (Å²) < 4.78 is 0. The first-order valence-electron chi connectivity index (χ1n) is 20.9. The maximum atomic E-state index is 11.7. The van der Waals surface area contributed by atoms with Crippen molar-refractivity contribution < 1.29 is 0 Å². The number of pyridine rings is 2. The van der Waals surface area contributed by atoms with E-state index in [1.54, 1.807) is 84.9 Å². The summed E-state index contributed by atoms with van der Waals surface area (Å²) in [5.74, 6) is 0. The monoisotopic (exact) mass is 886 g/mol.